The van der Waals surface area contributed by atoms with Crippen molar-refractivity contribution in [2.45, 2.75) is 6.54 Å². The van der Waals surface area contributed by atoms with Crippen LogP contribution in [0.15, 0.2) is 54.6 Å². The first-order chi connectivity index (χ1) is 9.33. The van der Waals surface area contributed by atoms with Gasteiger partial charge in [0.05, 0.1) is 6.54 Å². The summed E-state index contributed by atoms with van der Waals surface area (Å²) in [5, 5.41) is 1.13. The van der Waals surface area contributed by atoms with Crippen LogP contribution >= 0.6 is 0 Å². The van der Waals surface area contributed by atoms with Crippen LogP contribution in [0.2, 0.25) is 0 Å². The van der Waals surface area contributed by atoms with Crippen LogP contribution in [0.3, 0.4) is 0 Å². The first kappa shape index (κ1) is 10.4. The summed E-state index contributed by atoms with van der Waals surface area (Å²) >= 11 is 0. The van der Waals surface area contributed by atoms with E-state index in [1.165, 1.54) is 0 Å². The third-order valence-corrected chi connectivity index (χ3v) is 3.63. The second kappa shape index (κ2) is 3.72. The first-order valence-electron chi connectivity index (χ1n) is 6.30. The molecule has 1 aliphatic rings. The van der Waals surface area contributed by atoms with Crippen molar-refractivity contribution < 1.29 is 4.79 Å². The molecule has 2 heterocycles. The van der Waals surface area contributed by atoms with Gasteiger partial charge in [0.25, 0.3) is 5.91 Å². The summed E-state index contributed by atoms with van der Waals surface area (Å²) in [6.45, 7) is 0.641. The van der Waals surface area contributed by atoms with E-state index in [1.807, 2.05) is 54.6 Å². The van der Waals surface area contributed by atoms with Gasteiger partial charge in [0, 0.05) is 16.5 Å². The molecule has 1 amide bonds. The van der Waals surface area contributed by atoms with Crippen LogP contribution in [-0.2, 0) is 6.54 Å². The number of amides is 1. The van der Waals surface area contributed by atoms with E-state index >= 15 is 0 Å². The van der Waals surface area contributed by atoms with Gasteiger partial charge in [-0.2, -0.15) is 0 Å². The molecule has 3 heteroatoms. The molecule has 1 aromatic heterocycles. The highest BCUT2D eigenvalue weighted by molar-refractivity contribution is 6.10. The molecule has 1 aliphatic heterocycles. The minimum absolute atomic E-state index is 0.0714. The standard InChI is InChI=1S/C16H12N2O/c19-16-13-7-3-1-6-12(13)10-18(16)15-9-11-5-2-4-8-14(11)17-15/h1-9,17H,10H2. The number of fused-ring (bicyclic) bond motifs is 2. The molecule has 2 aromatic carbocycles. The minimum Gasteiger partial charge on any atom is -0.341 e. The Balaban J connectivity index is 1.81. The lowest BCUT2D eigenvalue weighted by molar-refractivity contribution is 0.0996. The van der Waals surface area contributed by atoms with Crippen LogP contribution in [0.25, 0.3) is 10.9 Å². The van der Waals surface area contributed by atoms with Gasteiger partial charge >= 0.3 is 0 Å². The Hall–Kier alpha value is -2.55. The fraction of sp³-hybridized carbons (Fsp3) is 0.0625. The molecular weight excluding hydrogens is 236 g/mol. The summed E-state index contributed by atoms with van der Waals surface area (Å²) in [6, 6.07) is 17.9. The van der Waals surface area contributed by atoms with Crippen molar-refractivity contribution in [1.29, 1.82) is 0 Å². The van der Waals surface area contributed by atoms with Crippen LogP contribution in [0.1, 0.15) is 15.9 Å². The SMILES string of the molecule is O=C1c2ccccc2CN1c1cc2ccccc2[nH]1. The zero-order valence-electron chi connectivity index (χ0n) is 10.3. The molecule has 1 N–H and O–H groups in total. The van der Waals surface area contributed by atoms with Gasteiger partial charge in [0.2, 0.25) is 0 Å². The molecule has 0 radical (unpaired) electrons. The second-order valence-electron chi connectivity index (χ2n) is 4.79. The number of aromatic nitrogens is 1. The lowest BCUT2D eigenvalue weighted by Gasteiger charge is -2.12. The Bertz CT molecular complexity index is 755. The summed E-state index contributed by atoms with van der Waals surface area (Å²) in [5.74, 6) is 0.935. The average molecular weight is 248 g/mol. The van der Waals surface area contributed by atoms with Gasteiger partial charge in [0.1, 0.15) is 5.82 Å². The number of hydrogen-bond donors (Lipinski definition) is 1. The highest BCUT2D eigenvalue weighted by atomic mass is 16.2. The molecule has 19 heavy (non-hydrogen) atoms. The largest absolute Gasteiger partial charge is 0.341 e. The number of benzene rings is 2. The molecule has 3 nitrogen and oxygen atoms in total. The van der Waals surface area contributed by atoms with Gasteiger partial charge in [-0.3, -0.25) is 9.69 Å². The van der Waals surface area contributed by atoms with Gasteiger partial charge in [-0.1, -0.05) is 36.4 Å². The highest BCUT2D eigenvalue weighted by Gasteiger charge is 2.28. The van der Waals surface area contributed by atoms with E-state index in [4.69, 9.17) is 0 Å². The average Bonchev–Trinajstić information content (AvgIpc) is 3.00. The van der Waals surface area contributed by atoms with E-state index in [9.17, 15) is 4.79 Å². The summed E-state index contributed by atoms with van der Waals surface area (Å²) in [5.41, 5.74) is 2.95. The van der Waals surface area contributed by atoms with E-state index < -0.39 is 0 Å². The van der Waals surface area contributed by atoms with E-state index in [1.54, 1.807) is 4.90 Å². The van der Waals surface area contributed by atoms with Crippen molar-refractivity contribution in [3.63, 3.8) is 0 Å². The first-order valence-corrected chi connectivity index (χ1v) is 6.30. The normalized spacial score (nSPS) is 14.1. The van der Waals surface area contributed by atoms with Gasteiger partial charge in [0.15, 0.2) is 0 Å². The number of aromatic amines is 1. The third-order valence-electron chi connectivity index (χ3n) is 3.63. The minimum atomic E-state index is 0.0714. The van der Waals surface area contributed by atoms with E-state index in [2.05, 4.69) is 4.98 Å². The molecule has 0 saturated carbocycles. The number of hydrogen-bond acceptors (Lipinski definition) is 1. The van der Waals surface area contributed by atoms with Crippen LogP contribution in [0.5, 0.6) is 0 Å². The maximum atomic E-state index is 12.4. The zero-order valence-corrected chi connectivity index (χ0v) is 10.3. The Kier molecular flexibility index (Phi) is 2.03. The highest BCUT2D eigenvalue weighted by Crippen LogP contribution is 2.29. The molecule has 0 unspecified atom stereocenters. The lowest BCUT2D eigenvalue weighted by atomic mass is 10.1. The number of nitrogens with zero attached hydrogens (tertiary/aromatic N) is 1. The Morgan fingerprint density at radius 2 is 1.79 bits per heavy atom. The molecular formula is C16H12N2O. The van der Waals surface area contributed by atoms with Gasteiger partial charge in [-0.15, -0.1) is 0 Å². The number of anilines is 1. The Morgan fingerprint density at radius 3 is 2.63 bits per heavy atom. The Morgan fingerprint density at radius 1 is 1.00 bits per heavy atom. The summed E-state index contributed by atoms with van der Waals surface area (Å²) in [4.78, 5) is 17.5. The molecule has 0 atom stereocenters. The molecule has 92 valence electrons. The predicted molar refractivity (Wildman–Crippen MR) is 75.3 cm³/mol. The number of nitrogens with one attached hydrogen (secondary N) is 1. The number of rotatable bonds is 1. The zero-order chi connectivity index (χ0) is 12.8. The van der Waals surface area contributed by atoms with E-state index in [0.29, 0.717) is 6.54 Å². The van der Waals surface area contributed by atoms with Crippen LogP contribution in [0.4, 0.5) is 5.82 Å². The smallest absolute Gasteiger partial charge is 0.260 e. The number of H-pyrrole nitrogens is 1. The van der Waals surface area contributed by atoms with Gasteiger partial charge < -0.3 is 4.98 Å². The molecule has 0 saturated heterocycles. The predicted octanol–water partition coefficient (Wildman–Crippen LogP) is 3.33. The molecule has 0 aliphatic carbocycles. The number of carbonyl (C=O) groups is 1. The maximum Gasteiger partial charge on any atom is 0.260 e. The van der Waals surface area contributed by atoms with Crippen molar-refractivity contribution in [2.24, 2.45) is 0 Å². The number of carbonyl (C=O) groups excluding carboxylic acids is 1. The molecule has 4 rings (SSSR count). The summed E-state index contributed by atoms with van der Waals surface area (Å²) in [7, 11) is 0. The summed E-state index contributed by atoms with van der Waals surface area (Å²) < 4.78 is 0. The monoisotopic (exact) mass is 248 g/mol. The van der Waals surface area contributed by atoms with Gasteiger partial charge in [-0.05, 0) is 23.8 Å². The third kappa shape index (κ3) is 1.48. The molecule has 0 fully saturated rings. The van der Waals surface area contributed by atoms with Crippen molar-refractivity contribution in [1.82, 2.24) is 4.98 Å². The molecule has 3 aromatic rings. The number of para-hydroxylation sites is 1. The van der Waals surface area contributed by atoms with Crippen molar-refractivity contribution in [3.8, 4) is 0 Å². The fourth-order valence-electron chi connectivity index (χ4n) is 2.65. The van der Waals surface area contributed by atoms with Crippen LogP contribution < -0.4 is 4.90 Å². The quantitative estimate of drug-likeness (QED) is 0.704. The van der Waals surface area contributed by atoms with Crippen LogP contribution in [-0.4, -0.2) is 10.9 Å². The second-order valence-corrected chi connectivity index (χ2v) is 4.79. The van der Waals surface area contributed by atoms with E-state index in [-0.39, 0.29) is 5.91 Å². The maximum absolute atomic E-state index is 12.4. The summed E-state index contributed by atoms with van der Waals surface area (Å²) in [6.07, 6.45) is 0. The topological polar surface area (TPSA) is 36.1 Å². The van der Waals surface area contributed by atoms with Gasteiger partial charge in [-0.25, -0.2) is 0 Å². The fourth-order valence-corrected chi connectivity index (χ4v) is 2.65. The molecule has 0 bridgehead atoms. The van der Waals surface area contributed by atoms with Crippen LogP contribution in [0, 0.1) is 0 Å². The Labute approximate surface area is 110 Å². The van der Waals surface area contributed by atoms with Crippen molar-refractivity contribution >= 4 is 22.6 Å². The van der Waals surface area contributed by atoms with Crippen molar-refractivity contribution in [2.75, 3.05) is 4.90 Å². The lowest BCUT2D eigenvalue weighted by Crippen LogP contribution is -2.23. The van der Waals surface area contributed by atoms with Crippen molar-refractivity contribution in [3.05, 3.63) is 65.7 Å². The molecule has 0 spiro atoms. The van der Waals surface area contributed by atoms with E-state index in [0.717, 1.165) is 27.8 Å².